The lowest BCUT2D eigenvalue weighted by Gasteiger charge is -2.33. The van der Waals surface area contributed by atoms with E-state index in [9.17, 15) is 14.0 Å². The van der Waals surface area contributed by atoms with Gasteiger partial charge >= 0.3 is 0 Å². The number of carbonyl (C=O) groups is 2. The van der Waals surface area contributed by atoms with Crippen LogP contribution in [0.3, 0.4) is 0 Å². The summed E-state index contributed by atoms with van der Waals surface area (Å²) < 4.78 is 13.6. The second-order valence-electron chi connectivity index (χ2n) is 7.33. The Kier molecular flexibility index (Phi) is 4.94. The summed E-state index contributed by atoms with van der Waals surface area (Å²) >= 11 is 5.90. The van der Waals surface area contributed by atoms with Crippen molar-refractivity contribution in [1.29, 1.82) is 0 Å². The average Bonchev–Trinajstić information content (AvgIpc) is 2.95. The lowest BCUT2D eigenvalue weighted by molar-refractivity contribution is -0.120. The van der Waals surface area contributed by atoms with Crippen LogP contribution in [0.1, 0.15) is 25.3 Å². The van der Waals surface area contributed by atoms with Crippen molar-refractivity contribution in [3.05, 3.63) is 70.6 Å². The summed E-state index contributed by atoms with van der Waals surface area (Å²) in [6.45, 7) is 3.60. The van der Waals surface area contributed by atoms with Gasteiger partial charge in [0.2, 0.25) is 0 Å². The predicted octanol–water partition coefficient (Wildman–Crippen LogP) is 4.50. The number of nitrogens with zero attached hydrogens (tertiary/aromatic N) is 2. The van der Waals surface area contributed by atoms with E-state index in [1.54, 1.807) is 0 Å². The SMILES string of the molecule is CC1CCCN(C2=C(c3ccccc3)C(=O)N(c3ccc(F)c(Cl)c3)C2=O)C1. The third-order valence-electron chi connectivity index (χ3n) is 5.26. The molecule has 0 aromatic heterocycles. The van der Waals surface area contributed by atoms with Crippen molar-refractivity contribution in [2.75, 3.05) is 18.0 Å². The fourth-order valence-electron chi connectivity index (χ4n) is 3.93. The Balaban J connectivity index is 1.82. The molecule has 2 aromatic rings. The van der Waals surface area contributed by atoms with Gasteiger partial charge < -0.3 is 4.90 Å². The number of halogens is 2. The van der Waals surface area contributed by atoms with E-state index in [4.69, 9.17) is 11.6 Å². The van der Waals surface area contributed by atoms with Gasteiger partial charge in [-0.05, 0) is 42.5 Å². The number of amides is 2. The lowest BCUT2D eigenvalue weighted by Crippen LogP contribution is -2.39. The molecule has 0 spiro atoms. The van der Waals surface area contributed by atoms with E-state index in [-0.39, 0.29) is 16.6 Å². The molecule has 1 fully saturated rings. The summed E-state index contributed by atoms with van der Waals surface area (Å²) in [6, 6.07) is 13.1. The maximum atomic E-state index is 13.6. The zero-order valence-corrected chi connectivity index (χ0v) is 16.2. The molecule has 144 valence electrons. The predicted molar refractivity (Wildman–Crippen MR) is 107 cm³/mol. The highest BCUT2D eigenvalue weighted by molar-refractivity contribution is 6.45. The van der Waals surface area contributed by atoms with Crippen LogP contribution in [0.4, 0.5) is 10.1 Å². The zero-order valence-electron chi connectivity index (χ0n) is 15.5. The van der Waals surface area contributed by atoms with Crippen LogP contribution in [0.15, 0.2) is 54.2 Å². The van der Waals surface area contributed by atoms with Crippen molar-refractivity contribution >= 4 is 34.7 Å². The fourth-order valence-corrected chi connectivity index (χ4v) is 4.10. The second-order valence-corrected chi connectivity index (χ2v) is 7.73. The topological polar surface area (TPSA) is 40.6 Å². The Morgan fingerprint density at radius 3 is 2.50 bits per heavy atom. The van der Waals surface area contributed by atoms with E-state index >= 15 is 0 Å². The summed E-state index contributed by atoms with van der Waals surface area (Å²) in [5.41, 5.74) is 1.78. The molecule has 0 aliphatic carbocycles. The first-order valence-corrected chi connectivity index (χ1v) is 9.73. The molecule has 2 amide bonds. The number of rotatable bonds is 3. The third-order valence-corrected chi connectivity index (χ3v) is 5.55. The number of benzene rings is 2. The highest BCUT2D eigenvalue weighted by atomic mass is 35.5. The largest absolute Gasteiger partial charge is 0.366 e. The Bertz CT molecular complexity index is 974. The number of hydrogen-bond donors (Lipinski definition) is 0. The molecule has 0 N–H and O–H groups in total. The van der Waals surface area contributed by atoms with Crippen LogP contribution in [-0.4, -0.2) is 29.8 Å². The molecule has 4 rings (SSSR count). The minimum absolute atomic E-state index is 0.126. The van der Waals surface area contributed by atoms with Gasteiger partial charge in [-0.15, -0.1) is 0 Å². The first-order valence-electron chi connectivity index (χ1n) is 9.36. The molecular weight excluding hydrogens is 379 g/mol. The van der Waals surface area contributed by atoms with Crippen molar-refractivity contribution < 1.29 is 14.0 Å². The molecular formula is C22H20ClFN2O2. The molecule has 0 saturated carbocycles. The van der Waals surface area contributed by atoms with Crippen molar-refractivity contribution in [3.8, 4) is 0 Å². The molecule has 2 heterocycles. The standard InChI is InChI=1S/C22H20ClFN2O2/c1-14-6-5-11-25(13-14)20-19(15-7-3-2-4-8-15)21(27)26(22(20)28)16-9-10-18(24)17(23)12-16/h2-4,7-10,12,14H,5-6,11,13H2,1H3. The van der Waals surface area contributed by atoms with Crippen LogP contribution >= 0.6 is 11.6 Å². The maximum absolute atomic E-state index is 13.6. The molecule has 4 nitrogen and oxygen atoms in total. The van der Waals surface area contributed by atoms with E-state index in [1.165, 1.54) is 18.2 Å². The van der Waals surface area contributed by atoms with E-state index in [0.29, 0.717) is 22.8 Å². The van der Waals surface area contributed by atoms with Gasteiger partial charge in [-0.1, -0.05) is 48.9 Å². The van der Waals surface area contributed by atoms with E-state index in [1.807, 2.05) is 35.2 Å². The summed E-state index contributed by atoms with van der Waals surface area (Å²) in [4.78, 5) is 29.8. The third kappa shape index (κ3) is 3.20. The molecule has 2 aliphatic heterocycles. The monoisotopic (exact) mass is 398 g/mol. The van der Waals surface area contributed by atoms with Crippen molar-refractivity contribution in [2.45, 2.75) is 19.8 Å². The average molecular weight is 399 g/mol. The Hall–Kier alpha value is -2.66. The maximum Gasteiger partial charge on any atom is 0.282 e. The summed E-state index contributed by atoms with van der Waals surface area (Å²) in [7, 11) is 0. The summed E-state index contributed by atoms with van der Waals surface area (Å²) in [6.07, 6.45) is 2.07. The van der Waals surface area contributed by atoms with Crippen LogP contribution in [-0.2, 0) is 9.59 Å². The highest BCUT2D eigenvalue weighted by Gasteiger charge is 2.43. The van der Waals surface area contributed by atoms with Crippen LogP contribution in [0.25, 0.3) is 5.57 Å². The van der Waals surface area contributed by atoms with Gasteiger partial charge in [-0.3, -0.25) is 9.59 Å². The molecule has 2 aromatic carbocycles. The number of likely N-dealkylation sites (tertiary alicyclic amines) is 1. The normalized spacial score (nSPS) is 20.3. The molecule has 6 heteroatoms. The van der Waals surface area contributed by atoms with Crippen LogP contribution in [0, 0.1) is 11.7 Å². The first kappa shape index (κ1) is 18.7. The van der Waals surface area contributed by atoms with Gasteiger partial charge in [-0.25, -0.2) is 9.29 Å². The van der Waals surface area contributed by atoms with E-state index in [0.717, 1.165) is 30.8 Å². The van der Waals surface area contributed by atoms with Gasteiger partial charge in [0.1, 0.15) is 11.5 Å². The van der Waals surface area contributed by atoms with Crippen molar-refractivity contribution in [3.63, 3.8) is 0 Å². The molecule has 1 unspecified atom stereocenters. The Morgan fingerprint density at radius 2 is 1.82 bits per heavy atom. The molecule has 1 atom stereocenters. The number of carbonyl (C=O) groups excluding carboxylic acids is 2. The Morgan fingerprint density at radius 1 is 1.07 bits per heavy atom. The molecule has 28 heavy (non-hydrogen) atoms. The van der Waals surface area contributed by atoms with Crippen molar-refractivity contribution in [1.82, 2.24) is 4.90 Å². The van der Waals surface area contributed by atoms with Gasteiger partial charge in [-0.2, -0.15) is 0 Å². The second kappa shape index (κ2) is 7.40. The molecule has 2 aliphatic rings. The van der Waals surface area contributed by atoms with E-state index < -0.39 is 11.7 Å². The summed E-state index contributed by atoms with van der Waals surface area (Å²) in [5.74, 6) is -0.950. The molecule has 1 saturated heterocycles. The number of imide groups is 1. The van der Waals surface area contributed by atoms with Crippen LogP contribution < -0.4 is 4.90 Å². The quantitative estimate of drug-likeness (QED) is 0.715. The molecule has 0 radical (unpaired) electrons. The fraction of sp³-hybridized carbons (Fsp3) is 0.273. The number of piperidine rings is 1. The van der Waals surface area contributed by atoms with Crippen molar-refractivity contribution in [2.24, 2.45) is 5.92 Å². The molecule has 0 bridgehead atoms. The Labute approximate surface area is 168 Å². The zero-order chi connectivity index (χ0) is 19.8. The van der Waals surface area contributed by atoms with E-state index in [2.05, 4.69) is 6.92 Å². The number of hydrogen-bond acceptors (Lipinski definition) is 3. The minimum atomic E-state index is -0.592. The summed E-state index contributed by atoms with van der Waals surface area (Å²) in [5, 5.41) is -0.126. The van der Waals surface area contributed by atoms with Crippen LogP contribution in [0.5, 0.6) is 0 Å². The van der Waals surface area contributed by atoms with Gasteiger partial charge in [0.15, 0.2) is 0 Å². The smallest absolute Gasteiger partial charge is 0.282 e. The van der Waals surface area contributed by atoms with Crippen LogP contribution in [0.2, 0.25) is 5.02 Å². The van der Waals surface area contributed by atoms with Gasteiger partial charge in [0.05, 0.1) is 16.3 Å². The van der Waals surface area contributed by atoms with Gasteiger partial charge in [0, 0.05) is 13.1 Å². The first-order chi connectivity index (χ1) is 13.5. The van der Waals surface area contributed by atoms with Gasteiger partial charge in [0.25, 0.3) is 11.8 Å². The highest BCUT2D eigenvalue weighted by Crippen LogP contribution is 2.37. The lowest BCUT2D eigenvalue weighted by atomic mass is 9.98. The number of anilines is 1. The minimum Gasteiger partial charge on any atom is -0.366 e.